The van der Waals surface area contributed by atoms with Crippen LogP contribution < -0.4 is 0 Å². The van der Waals surface area contributed by atoms with Crippen LogP contribution in [0.2, 0.25) is 5.02 Å². The summed E-state index contributed by atoms with van der Waals surface area (Å²) in [7, 11) is -4.84. The van der Waals surface area contributed by atoms with Crippen LogP contribution in [0.5, 0.6) is 0 Å². The molecule has 2 atom stereocenters. The maximum Gasteiger partial charge on any atom is 0.376 e. The van der Waals surface area contributed by atoms with E-state index in [9.17, 15) is 19.5 Å². The molecule has 10 heteroatoms. The highest BCUT2D eigenvalue weighted by atomic mass is 35.5. The van der Waals surface area contributed by atoms with Gasteiger partial charge in [0, 0.05) is 10.5 Å². The molecule has 7 nitrogen and oxygen atoms in total. The van der Waals surface area contributed by atoms with Gasteiger partial charge in [0.05, 0.1) is 18.2 Å². The molecule has 0 saturated carbocycles. The molecule has 0 aliphatic rings. The molecule has 0 amide bonds. The second-order valence-corrected chi connectivity index (χ2v) is 8.86. The topological polar surface area (TPSA) is 95.7 Å². The fourth-order valence-corrected chi connectivity index (χ4v) is 5.49. The van der Waals surface area contributed by atoms with E-state index in [2.05, 4.69) is 0 Å². The van der Waals surface area contributed by atoms with Gasteiger partial charge in [0.25, 0.3) is 5.41 Å². The normalized spacial score (nSPS) is 14.7. The summed E-state index contributed by atoms with van der Waals surface area (Å²) in [5, 5.41) is 7.95. The number of hydrogen-bond acceptors (Lipinski definition) is 6. The van der Waals surface area contributed by atoms with Crippen molar-refractivity contribution in [3.8, 4) is 0 Å². The lowest BCUT2D eigenvalue weighted by Gasteiger charge is -2.35. The Morgan fingerprint density at radius 1 is 1.13 bits per heavy atom. The van der Waals surface area contributed by atoms with Crippen molar-refractivity contribution in [1.82, 2.24) is 0 Å². The standard InChI is InChI=1S/C20H22ClFNO6P/c1-3-28-30(27,29-4-2)20(22,19(24)16-12-8-9-13-18(16)21)17(14-23(25)26)15-10-6-5-7-11-15/h5-13,17H,3-4,14H2,1-2H3/t17-,20-/m1/s1. The van der Waals surface area contributed by atoms with E-state index in [4.69, 9.17) is 20.6 Å². The van der Waals surface area contributed by atoms with Crippen molar-refractivity contribution in [2.45, 2.75) is 25.2 Å². The number of halogens is 2. The van der Waals surface area contributed by atoms with Crippen LogP contribution in [0.1, 0.15) is 35.7 Å². The average molecular weight is 458 g/mol. The zero-order chi connectivity index (χ0) is 22.4. The number of rotatable bonds is 11. The molecule has 162 valence electrons. The third kappa shape index (κ3) is 4.78. The van der Waals surface area contributed by atoms with E-state index in [0.29, 0.717) is 0 Å². The summed E-state index contributed by atoms with van der Waals surface area (Å²) >= 11 is 6.09. The number of carbonyl (C=O) groups is 1. The van der Waals surface area contributed by atoms with E-state index >= 15 is 4.39 Å². The average Bonchev–Trinajstić information content (AvgIpc) is 2.72. The zero-order valence-electron chi connectivity index (χ0n) is 16.5. The molecule has 0 unspecified atom stereocenters. The first kappa shape index (κ1) is 24.2. The highest BCUT2D eigenvalue weighted by Gasteiger charge is 2.65. The van der Waals surface area contributed by atoms with Crippen LogP contribution >= 0.6 is 19.2 Å². The lowest BCUT2D eigenvalue weighted by molar-refractivity contribution is -0.485. The minimum atomic E-state index is -4.84. The van der Waals surface area contributed by atoms with Crippen LogP contribution in [0.25, 0.3) is 0 Å². The molecule has 2 aromatic carbocycles. The predicted octanol–water partition coefficient (Wildman–Crippen LogP) is 5.52. The second-order valence-electron chi connectivity index (χ2n) is 6.29. The molecule has 0 radical (unpaired) electrons. The molecule has 0 aliphatic heterocycles. The van der Waals surface area contributed by atoms with E-state index in [1.807, 2.05) is 0 Å². The van der Waals surface area contributed by atoms with Crippen molar-refractivity contribution in [3.05, 3.63) is 80.9 Å². The van der Waals surface area contributed by atoms with Crippen LogP contribution in [-0.2, 0) is 13.6 Å². The molecule has 0 saturated heterocycles. The Labute approximate surface area is 178 Å². The third-order valence-corrected chi connectivity index (χ3v) is 7.27. The number of nitrogens with zero attached hydrogens (tertiary/aromatic N) is 1. The number of nitro groups is 1. The van der Waals surface area contributed by atoms with Gasteiger partial charge in [-0.25, -0.2) is 4.39 Å². The van der Waals surface area contributed by atoms with Crippen molar-refractivity contribution in [1.29, 1.82) is 0 Å². The highest BCUT2D eigenvalue weighted by Crippen LogP contribution is 2.67. The van der Waals surface area contributed by atoms with Gasteiger partial charge in [-0.3, -0.25) is 19.5 Å². The fourth-order valence-electron chi connectivity index (χ4n) is 3.15. The summed E-state index contributed by atoms with van der Waals surface area (Å²) < 4.78 is 41.0. The summed E-state index contributed by atoms with van der Waals surface area (Å²) in [6.45, 7) is 1.42. The summed E-state index contributed by atoms with van der Waals surface area (Å²) in [5.74, 6) is -3.05. The Kier molecular flexibility index (Phi) is 8.26. The van der Waals surface area contributed by atoms with Gasteiger partial charge >= 0.3 is 7.60 Å². The Morgan fingerprint density at radius 2 is 1.67 bits per heavy atom. The third-order valence-electron chi connectivity index (χ3n) is 4.43. The van der Waals surface area contributed by atoms with Crippen molar-refractivity contribution < 1.29 is 27.7 Å². The van der Waals surface area contributed by atoms with E-state index in [0.717, 1.165) is 0 Å². The SMILES string of the molecule is CCOP(=O)(OCC)[C@@](F)(C(=O)c1ccccc1Cl)[C@H](C[N+](=O)[O-])c1ccccc1. The summed E-state index contributed by atoms with van der Waals surface area (Å²) in [6, 6.07) is 13.2. The number of hydrogen-bond donors (Lipinski definition) is 0. The van der Waals surface area contributed by atoms with E-state index in [1.54, 1.807) is 6.07 Å². The molecule has 2 aromatic rings. The van der Waals surface area contributed by atoms with Gasteiger partial charge in [0.2, 0.25) is 12.3 Å². The molecule has 0 spiro atoms. The molecule has 0 heterocycles. The molecule has 0 aromatic heterocycles. The number of alkyl halides is 1. The smallest absolute Gasteiger partial charge is 0.306 e. The van der Waals surface area contributed by atoms with Crippen molar-refractivity contribution in [2.75, 3.05) is 19.8 Å². The largest absolute Gasteiger partial charge is 0.376 e. The first-order valence-corrected chi connectivity index (χ1v) is 11.2. The zero-order valence-corrected chi connectivity index (χ0v) is 18.1. The van der Waals surface area contributed by atoms with Crippen LogP contribution in [0, 0.1) is 10.1 Å². The van der Waals surface area contributed by atoms with E-state index in [1.165, 1.54) is 62.4 Å². The van der Waals surface area contributed by atoms with Crippen molar-refractivity contribution in [3.63, 3.8) is 0 Å². The van der Waals surface area contributed by atoms with Gasteiger partial charge in [0.15, 0.2) is 0 Å². The predicted molar refractivity (Wildman–Crippen MR) is 112 cm³/mol. The Bertz CT molecular complexity index is 934. The van der Waals surface area contributed by atoms with Gasteiger partial charge in [0.1, 0.15) is 5.92 Å². The molecule has 0 N–H and O–H groups in total. The van der Waals surface area contributed by atoms with Crippen molar-refractivity contribution in [2.24, 2.45) is 0 Å². The first-order valence-electron chi connectivity index (χ1n) is 9.25. The van der Waals surface area contributed by atoms with Gasteiger partial charge in [-0.15, -0.1) is 0 Å². The lowest BCUT2D eigenvalue weighted by atomic mass is 9.89. The second kappa shape index (κ2) is 10.3. The van der Waals surface area contributed by atoms with E-state index in [-0.39, 0.29) is 29.4 Å². The highest BCUT2D eigenvalue weighted by molar-refractivity contribution is 7.56. The maximum atomic E-state index is 17.0. The molecule has 2 rings (SSSR count). The van der Waals surface area contributed by atoms with Gasteiger partial charge < -0.3 is 9.05 Å². The maximum absolute atomic E-state index is 17.0. The van der Waals surface area contributed by atoms with E-state index < -0.39 is 36.2 Å². The summed E-state index contributed by atoms with van der Waals surface area (Å²) in [5.41, 5.74) is -0.165. The van der Waals surface area contributed by atoms with Crippen molar-refractivity contribution >= 4 is 25.0 Å². The summed E-state index contributed by atoms with van der Waals surface area (Å²) in [6.07, 6.45) is 0. The van der Waals surface area contributed by atoms with Gasteiger partial charge in [-0.05, 0) is 31.5 Å². The monoisotopic (exact) mass is 457 g/mol. The Balaban J connectivity index is 2.82. The Morgan fingerprint density at radius 3 is 2.17 bits per heavy atom. The number of benzene rings is 2. The minimum absolute atomic E-state index is 0.0861. The quantitative estimate of drug-likeness (QED) is 0.191. The van der Waals surface area contributed by atoms with Gasteiger partial charge in [-0.1, -0.05) is 54.1 Å². The molecular formula is C20H22ClFNO6P. The lowest BCUT2D eigenvalue weighted by Crippen LogP contribution is -2.44. The first-order chi connectivity index (χ1) is 14.2. The number of ketones is 1. The number of carbonyl (C=O) groups excluding carboxylic acids is 1. The summed E-state index contributed by atoms with van der Waals surface area (Å²) in [4.78, 5) is 24.1. The van der Waals surface area contributed by atoms with Crippen LogP contribution in [0.15, 0.2) is 54.6 Å². The molecule has 30 heavy (non-hydrogen) atoms. The van der Waals surface area contributed by atoms with Crippen LogP contribution in [0.4, 0.5) is 4.39 Å². The van der Waals surface area contributed by atoms with Crippen LogP contribution in [-0.4, -0.2) is 35.9 Å². The fraction of sp³-hybridized carbons (Fsp3) is 0.350. The molecule has 0 aliphatic carbocycles. The number of Topliss-reactive ketones (excluding diaryl/α,β-unsaturated/α-hetero) is 1. The minimum Gasteiger partial charge on any atom is -0.306 e. The molecule has 0 bridgehead atoms. The molecular weight excluding hydrogens is 436 g/mol. The molecule has 0 fully saturated rings. The Hall–Kier alpha value is -2.12. The van der Waals surface area contributed by atoms with Crippen LogP contribution in [0.3, 0.4) is 0 Å². The van der Waals surface area contributed by atoms with Gasteiger partial charge in [-0.2, -0.15) is 0 Å².